The minimum absolute atomic E-state index is 0.284. The monoisotopic (exact) mass is 306 g/mol. The van der Waals surface area contributed by atoms with E-state index in [1.54, 1.807) is 0 Å². The molecule has 3 rings (SSSR count). The van der Waals surface area contributed by atoms with Gasteiger partial charge in [-0.15, -0.1) is 0 Å². The molecule has 1 aromatic heterocycles. The fourth-order valence-electron chi connectivity index (χ4n) is 3.46. The van der Waals surface area contributed by atoms with E-state index in [2.05, 4.69) is 9.97 Å². The summed E-state index contributed by atoms with van der Waals surface area (Å²) in [5.41, 5.74) is 0.471. The molecule has 2 aliphatic rings. The van der Waals surface area contributed by atoms with Gasteiger partial charge in [-0.3, -0.25) is 4.79 Å². The van der Waals surface area contributed by atoms with Crippen molar-refractivity contribution in [1.29, 1.82) is 0 Å². The van der Waals surface area contributed by atoms with Crippen LogP contribution in [0.4, 0.5) is 10.2 Å². The Hall–Kier alpha value is -1.72. The molecule has 0 atom stereocenters. The lowest BCUT2D eigenvalue weighted by Gasteiger charge is -2.40. The van der Waals surface area contributed by atoms with Crippen LogP contribution < -0.4 is 4.90 Å². The number of carbonyl (C=O) groups excluding carboxylic acids is 1. The summed E-state index contributed by atoms with van der Waals surface area (Å²) in [5, 5.41) is 0. The highest BCUT2D eigenvalue weighted by molar-refractivity contribution is 5.77. The molecule has 0 radical (unpaired) electrons. The second kappa shape index (κ2) is 6.58. The number of rotatable bonds is 3. The van der Waals surface area contributed by atoms with E-state index in [9.17, 15) is 9.18 Å². The van der Waals surface area contributed by atoms with Crippen molar-refractivity contribution in [3.63, 3.8) is 0 Å². The number of likely N-dealkylation sites (tertiary alicyclic amines) is 1. The third-order valence-electron chi connectivity index (χ3n) is 4.74. The molecular formula is C16H23FN4O. The maximum Gasteiger partial charge on any atom is 0.222 e. The highest BCUT2D eigenvalue weighted by Gasteiger charge is 2.30. The van der Waals surface area contributed by atoms with Gasteiger partial charge in [0, 0.05) is 32.1 Å². The summed E-state index contributed by atoms with van der Waals surface area (Å²) in [6.45, 7) is 4.26. The standard InChI is InChI=1S/C16H23FN4O/c1-2-13-15(17)16(19-11-18-13)20-9-6-12(7-10-20)21-8-4-3-5-14(21)22/h11-12H,2-10H2,1H3. The molecule has 0 aliphatic carbocycles. The second-order valence-corrected chi connectivity index (χ2v) is 6.07. The molecule has 0 N–H and O–H groups in total. The fourth-order valence-corrected chi connectivity index (χ4v) is 3.46. The quantitative estimate of drug-likeness (QED) is 0.858. The molecule has 2 fully saturated rings. The topological polar surface area (TPSA) is 49.3 Å². The van der Waals surface area contributed by atoms with Gasteiger partial charge in [-0.25, -0.2) is 14.4 Å². The first-order valence-electron chi connectivity index (χ1n) is 8.24. The Morgan fingerprint density at radius 3 is 2.68 bits per heavy atom. The Kier molecular flexibility index (Phi) is 4.55. The van der Waals surface area contributed by atoms with Crippen LogP contribution in [0.3, 0.4) is 0 Å². The molecule has 1 amide bonds. The van der Waals surface area contributed by atoms with Crippen LogP contribution in [-0.2, 0) is 11.2 Å². The van der Waals surface area contributed by atoms with Crippen LogP contribution in [0.2, 0.25) is 0 Å². The summed E-state index contributed by atoms with van der Waals surface area (Å²) in [7, 11) is 0. The number of piperidine rings is 2. The summed E-state index contributed by atoms with van der Waals surface area (Å²) in [6, 6.07) is 0.305. The number of aryl methyl sites for hydroxylation is 1. The molecule has 6 heteroatoms. The van der Waals surface area contributed by atoms with Gasteiger partial charge < -0.3 is 9.80 Å². The number of aromatic nitrogens is 2. The summed E-state index contributed by atoms with van der Waals surface area (Å²) >= 11 is 0. The molecule has 1 aromatic rings. The third kappa shape index (κ3) is 2.91. The summed E-state index contributed by atoms with van der Waals surface area (Å²) in [5.74, 6) is 0.402. The molecule has 22 heavy (non-hydrogen) atoms. The van der Waals surface area contributed by atoms with Gasteiger partial charge in [-0.1, -0.05) is 6.92 Å². The molecule has 120 valence electrons. The number of nitrogens with zero attached hydrogens (tertiary/aromatic N) is 4. The van der Waals surface area contributed by atoms with E-state index in [1.807, 2.05) is 16.7 Å². The van der Waals surface area contributed by atoms with Gasteiger partial charge in [0.15, 0.2) is 11.6 Å². The van der Waals surface area contributed by atoms with Crippen molar-refractivity contribution in [2.24, 2.45) is 0 Å². The van der Waals surface area contributed by atoms with Gasteiger partial charge in [0.25, 0.3) is 0 Å². The van der Waals surface area contributed by atoms with Gasteiger partial charge in [0.1, 0.15) is 6.33 Å². The summed E-state index contributed by atoms with van der Waals surface area (Å²) < 4.78 is 14.3. The lowest BCUT2D eigenvalue weighted by molar-refractivity contribution is -0.136. The Bertz CT molecular complexity index is 543. The maximum absolute atomic E-state index is 14.3. The minimum Gasteiger partial charge on any atom is -0.354 e. The van der Waals surface area contributed by atoms with Crippen LogP contribution in [-0.4, -0.2) is 46.5 Å². The summed E-state index contributed by atoms with van der Waals surface area (Å²) in [6.07, 6.45) is 6.58. The predicted molar refractivity (Wildman–Crippen MR) is 82.2 cm³/mol. The molecular weight excluding hydrogens is 283 g/mol. The van der Waals surface area contributed by atoms with Crippen molar-refractivity contribution in [1.82, 2.24) is 14.9 Å². The number of hydrogen-bond donors (Lipinski definition) is 0. The first-order valence-corrected chi connectivity index (χ1v) is 8.24. The van der Waals surface area contributed by atoms with Crippen LogP contribution in [0.15, 0.2) is 6.33 Å². The van der Waals surface area contributed by atoms with Gasteiger partial charge in [-0.2, -0.15) is 0 Å². The molecule has 0 saturated carbocycles. The number of halogens is 1. The number of carbonyl (C=O) groups is 1. The van der Waals surface area contributed by atoms with Crippen LogP contribution >= 0.6 is 0 Å². The van der Waals surface area contributed by atoms with Gasteiger partial charge in [0.2, 0.25) is 5.91 Å². The highest BCUT2D eigenvalue weighted by atomic mass is 19.1. The normalized spacial score (nSPS) is 20.5. The number of anilines is 1. The van der Waals surface area contributed by atoms with Crippen molar-refractivity contribution in [2.45, 2.75) is 51.5 Å². The molecule has 0 unspecified atom stereocenters. The first kappa shape index (κ1) is 15.2. The van der Waals surface area contributed by atoms with E-state index in [0.29, 0.717) is 30.4 Å². The zero-order valence-corrected chi connectivity index (χ0v) is 13.1. The van der Waals surface area contributed by atoms with Crippen molar-refractivity contribution in [2.75, 3.05) is 24.5 Å². The number of hydrogen-bond acceptors (Lipinski definition) is 4. The zero-order chi connectivity index (χ0) is 15.5. The molecule has 2 aliphatic heterocycles. The molecule has 0 spiro atoms. The van der Waals surface area contributed by atoms with E-state index in [0.717, 1.165) is 45.3 Å². The predicted octanol–water partition coefficient (Wildman–Crippen LogP) is 2.16. The zero-order valence-electron chi connectivity index (χ0n) is 13.1. The lowest BCUT2D eigenvalue weighted by Crippen LogP contribution is -2.49. The average molecular weight is 306 g/mol. The Morgan fingerprint density at radius 1 is 1.23 bits per heavy atom. The highest BCUT2D eigenvalue weighted by Crippen LogP contribution is 2.26. The smallest absolute Gasteiger partial charge is 0.222 e. The van der Waals surface area contributed by atoms with Gasteiger partial charge in [0.05, 0.1) is 5.69 Å². The maximum atomic E-state index is 14.3. The molecule has 2 saturated heterocycles. The number of amides is 1. The van der Waals surface area contributed by atoms with E-state index >= 15 is 0 Å². The van der Waals surface area contributed by atoms with Gasteiger partial charge in [-0.05, 0) is 32.1 Å². The Morgan fingerprint density at radius 2 is 2.00 bits per heavy atom. The summed E-state index contributed by atoms with van der Waals surface area (Å²) in [4.78, 5) is 24.1. The van der Waals surface area contributed by atoms with Crippen molar-refractivity contribution >= 4 is 11.7 Å². The minimum atomic E-state index is -0.294. The largest absolute Gasteiger partial charge is 0.354 e. The van der Waals surface area contributed by atoms with Crippen LogP contribution in [0, 0.1) is 5.82 Å². The first-order chi connectivity index (χ1) is 10.7. The van der Waals surface area contributed by atoms with Crippen LogP contribution in [0.5, 0.6) is 0 Å². The van der Waals surface area contributed by atoms with E-state index in [4.69, 9.17) is 0 Å². The van der Waals surface area contributed by atoms with E-state index in [-0.39, 0.29) is 11.7 Å². The third-order valence-corrected chi connectivity index (χ3v) is 4.74. The molecule has 3 heterocycles. The van der Waals surface area contributed by atoms with Crippen molar-refractivity contribution in [3.8, 4) is 0 Å². The molecule has 5 nitrogen and oxygen atoms in total. The SMILES string of the molecule is CCc1ncnc(N2CCC(N3CCCCC3=O)CC2)c1F. The van der Waals surface area contributed by atoms with Gasteiger partial charge >= 0.3 is 0 Å². The van der Waals surface area contributed by atoms with Crippen LogP contribution in [0.1, 0.15) is 44.7 Å². The molecule has 0 bridgehead atoms. The average Bonchev–Trinajstić information content (AvgIpc) is 2.56. The Balaban J connectivity index is 1.65. The van der Waals surface area contributed by atoms with E-state index in [1.165, 1.54) is 6.33 Å². The van der Waals surface area contributed by atoms with Crippen LogP contribution in [0.25, 0.3) is 0 Å². The molecule has 0 aromatic carbocycles. The Labute approximate surface area is 130 Å². The van der Waals surface area contributed by atoms with Crippen molar-refractivity contribution < 1.29 is 9.18 Å². The van der Waals surface area contributed by atoms with Crippen molar-refractivity contribution in [3.05, 3.63) is 17.8 Å². The lowest BCUT2D eigenvalue weighted by atomic mass is 9.99. The fraction of sp³-hybridized carbons (Fsp3) is 0.688. The second-order valence-electron chi connectivity index (χ2n) is 6.07. The van der Waals surface area contributed by atoms with E-state index < -0.39 is 0 Å².